The maximum atomic E-state index is 10.7. The quantitative estimate of drug-likeness (QED) is 0.924. The van der Waals surface area contributed by atoms with Crippen molar-refractivity contribution in [2.75, 3.05) is 0 Å². The van der Waals surface area contributed by atoms with E-state index >= 15 is 0 Å². The summed E-state index contributed by atoms with van der Waals surface area (Å²) in [5, 5.41) is 9.24. The molecule has 2 aromatic rings. The van der Waals surface area contributed by atoms with Crippen molar-refractivity contribution in [3.05, 3.63) is 28.0 Å². The number of rotatable bonds is 2. The van der Waals surface area contributed by atoms with Crippen LogP contribution in [0, 0.1) is 0 Å². The molecule has 1 heterocycles. The van der Waals surface area contributed by atoms with E-state index in [1.165, 1.54) is 4.57 Å². The van der Waals surface area contributed by atoms with Gasteiger partial charge in [-0.25, -0.2) is 4.98 Å². The Balaban J connectivity index is 2.71. The number of aliphatic carboxylic acids is 1. The number of halogens is 2. The van der Waals surface area contributed by atoms with Crippen LogP contribution in [0.3, 0.4) is 0 Å². The first-order valence-corrected chi connectivity index (χ1v) is 5.28. The fourth-order valence-electron chi connectivity index (χ4n) is 1.39. The SMILES string of the molecule is O=C(O)Cn1c(Br)nc2cccc(Cl)c21. The van der Waals surface area contributed by atoms with E-state index < -0.39 is 5.97 Å². The van der Waals surface area contributed by atoms with Gasteiger partial charge in [0.15, 0.2) is 4.73 Å². The molecule has 1 aromatic carbocycles. The van der Waals surface area contributed by atoms with Gasteiger partial charge < -0.3 is 9.67 Å². The number of aromatic nitrogens is 2. The standard InChI is InChI=1S/C9H6BrClN2O2/c10-9-12-6-3-1-2-5(11)8(6)13(9)4-7(14)15/h1-3H,4H2,(H,14,15). The third-order valence-electron chi connectivity index (χ3n) is 1.96. The Morgan fingerprint density at radius 1 is 1.60 bits per heavy atom. The molecule has 0 bridgehead atoms. The molecule has 0 atom stereocenters. The molecule has 2 rings (SSSR count). The summed E-state index contributed by atoms with van der Waals surface area (Å²) in [7, 11) is 0. The van der Waals surface area contributed by atoms with Crippen LogP contribution >= 0.6 is 27.5 Å². The molecule has 78 valence electrons. The molecule has 0 aliphatic rings. The first-order chi connectivity index (χ1) is 7.09. The highest BCUT2D eigenvalue weighted by Crippen LogP contribution is 2.26. The summed E-state index contributed by atoms with van der Waals surface area (Å²) in [5.41, 5.74) is 1.31. The lowest BCUT2D eigenvalue weighted by molar-refractivity contribution is -0.137. The van der Waals surface area contributed by atoms with Crippen LogP contribution in [0.5, 0.6) is 0 Å². The summed E-state index contributed by atoms with van der Waals surface area (Å²) in [6, 6.07) is 5.26. The van der Waals surface area contributed by atoms with Crippen LogP contribution in [-0.4, -0.2) is 20.6 Å². The molecule has 15 heavy (non-hydrogen) atoms. The smallest absolute Gasteiger partial charge is 0.323 e. The van der Waals surface area contributed by atoms with E-state index in [0.29, 0.717) is 20.8 Å². The number of hydrogen-bond acceptors (Lipinski definition) is 2. The normalized spacial score (nSPS) is 10.8. The summed E-state index contributed by atoms with van der Waals surface area (Å²) in [4.78, 5) is 14.8. The van der Waals surface area contributed by atoms with E-state index in [4.69, 9.17) is 16.7 Å². The highest BCUT2D eigenvalue weighted by Gasteiger charge is 2.13. The maximum Gasteiger partial charge on any atom is 0.323 e. The molecule has 4 nitrogen and oxygen atoms in total. The molecule has 1 aromatic heterocycles. The van der Waals surface area contributed by atoms with E-state index in [0.717, 1.165) is 0 Å². The maximum absolute atomic E-state index is 10.7. The van der Waals surface area contributed by atoms with Gasteiger partial charge in [-0.15, -0.1) is 0 Å². The molecule has 1 N–H and O–H groups in total. The number of carboxylic acids is 1. The minimum atomic E-state index is -0.935. The van der Waals surface area contributed by atoms with Crippen LogP contribution in [0.25, 0.3) is 11.0 Å². The van der Waals surface area contributed by atoms with Crippen LogP contribution in [0.1, 0.15) is 0 Å². The van der Waals surface area contributed by atoms with Crippen molar-refractivity contribution in [1.82, 2.24) is 9.55 Å². The minimum absolute atomic E-state index is 0.166. The van der Waals surface area contributed by atoms with Gasteiger partial charge in [0.05, 0.1) is 16.1 Å². The van der Waals surface area contributed by atoms with Crippen molar-refractivity contribution in [1.29, 1.82) is 0 Å². The third-order valence-corrected chi connectivity index (χ3v) is 2.87. The molecule has 6 heteroatoms. The third kappa shape index (κ3) is 1.85. The number of para-hydroxylation sites is 1. The molecule has 0 radical (unpaired) electrons. The second kappa shape index (κ2) is 3.83. The van der Waals surface area contributed by atoms with Crippen LogP contribution in [0.4, 0.5) is 0 Å². The van der Waals surface area contributed by atoms with Gasteiger partial charge in [0.2, 0.25) is 0 Å². The molecular weight excluding hydrogens is 283 g/mol. The van der Waals surface area contributed by atoms with Gasteiger partial charge in [0.1, 0.15) is 6.54 Å². The van der Waals surface area contributed by atoms with Crippen molar-refractivity contribution in [3.8, 4) is 0 Å². The Morgan fingerprint density at radius 3 is 3.00 bits per heavy atom. The lowest BCUT2D eigenvalue weighted by Crippen LogP contribution is -2.08. The number of carboxylic acid groups (broad SMARTS) is 1. The minimum Gasteiger partial charge on any atom is -0.480 e. The average Bonchev–Trinajstić information content (AvgIpc) is 2.43. The molecule has 0 amide bonds. The average molecular weight is 290 g/mol. The fourth-order valence-corrected chi connectivity index (χ4v) is 2.16. The van der Waals surface area contributed by atoms with E-state index in [1.54, 1.807) is 18.2 Å². The number of hydrogen-bond donors (Lipinski definition) is 1. The summed E-state index contributed by atoms with van der Waals surface area (Å²) >= 11 is 9.19. The Bertz CT molecular complexity index is 538. The van der Waals surface area contributed by atoms with E-state index in [1.807, 2.05) is 0 Å². The van der Waals surface area contributed by atoms with Crippen molar-refractivity contribution < 1.29 is 9.90 Å². The second-order valence-corrected chi connectivity index (χ2v) is 4.08. The predicted octanol–water partition coefficient (Wildman–Crippen LogP) is 2.54. The number of fused-ring (bicyclic) bond motifs is 1. The first-order valence-electron chi connectivity index (χ1n) is 4.11. The summed E-state index contributed by atoms with van der Waals surface area (Å²) in [6.45, 7) is -0.166. The van der Waals surface area contributed by atoms with E-state index in [-0.39, 0.29) is 6.54 Å². The van der Waals surface area contributed by atoms with Gasteiger partial charge in [-0.1, -0.05) is 17.7 Å². The van der Waals surface area contributed by atoms with Crippen LogP contribution < -0.4 is 0 Å². The summed E-state index contributed by atoms with van der Waals surface area (Å²) < 4.78 is 1.98. The summed E-state index contributed by atoms with van der Waals surface area (Å²) in [6.07, 6.45) is 0. The lowest BCUT2D eigenvalue weighted by atomic mass is 10.3. The Morgan fingerprint density at radius 2 is 2.33 bits per heavy atom. The molecule has 0 unspecified atom stereocenters. The molecule has 0 aliphatic heterocycles. The largest absolute Gasteiger partial charge is 0.480 e. The van der Waals surface area contributed by atoms with Crippen LogP contribution in [-0.2, 0) is 11.3 Å². The monoisotopic (exact) mass is 288 g/mol. The number of nitrogens with zero attached hydrogens (tertiary/aromatic N) is 2. The number of benzene rings is 1. The van der Waals surface area contributed by atoms with Gasteiger partial charge in [0, 0.05) is 0 Å². The zero-order valence-electron chi connectivity index (χ0n) is 7.44. The van der Waals surface area contributed by atoms with Crippen LogP contribution in [0.15, 0.2) is 22.9 Å². The van der Waals surface area contributed by atoms with Crippen molar-refractivity contribution in [2.24, 2.45) is 0 Å². The topological polar surface area (TPSA) is 55.1 Å². The predicted molar refractivity (Wildman–Crippen MR) is 60.1 cm³/mol. The highest BCUT2D eigenvalue weighted by molar-refractivity contribution is 9.10. The summed E-state index contributed by atoms with van der Waals surface area (Å²) in [5.74, 6) is -0.935. The molecule has 0 fully saturated rings. The second-order valence-electron chi connectivity index (χ2n) is 2.97. The van der Waals surface area contributed by atoms with Crippen LogP contribution in [0.2, 0.25) is 5.02 Å². The van der Waals surface area contributed by atoms with Gasteiger partial charge in [-0.3, -0.25) is 4.79 Å². The van der Waals surface area contributed by atoms with Gasteiger partial charge in [0.25, 0.3) is 0 Å². The Kier molecular flexibility index (Phi) is 2.67. The van der Waals surface area contributed by atoms with E-state index in [9.17, 15) is 4.79 Å². The van der Waals surface area contributed by atoms with Crippen molar-refractivity contribution in [3.63, 3.8) is 0 Å². The van der Waals surface area contributed by atoms with Crippen molar-refractivity contribution in [2.45, 2.75) is 6.54 Å². The zero-order valence-corrected chi connectivity index (χ0v) is 9.79. The number of imidazole rings is 1. The Labute approximate surface area is 98.6 Å². The number of carbonyl (C=O) groups is 1. The molecule has 0 saturated heterocycles. The molecular formula is C9H6BrClN2O2. The van der Waals surface area contributed by atoms with Gasteiger partial charge >= 0.3 is 5.97 Å². The highest BCUT2D eigenvalue weighted by atomic mass is 79.9. The molecule has 0 aliphatic carbocycles. The van der Waals surface area contributed by atoms with E-state index in [2.05, 4.69) is 20.9 Å². The van der Waals surface area contributed by atoms with Crippen molar-refractivity contribution >= 4 is 44.5 Å². The molecule has 0 saturated carbocycles. The zero-order chi connectivity index (χ0) is 11.0. The fraction of sp³-hybridized carbons (Fsp3) is 0.111. The lowest BCUT2D eigenvalue weighted by Gasteiger charge is -2.02. The molecule has 0 spiro atoms. The van der Waals surface area contributed by atoms with Gasteiger partial charge in [-0.2, -0.15) is 0 Å². The first kappa shape index (κ1) is 10.4. The Hall–Kier alpha value is -1.07. The van der Waals surface area contributed by atoms with Gasteiger partial charge in [-0.05, 0) is 28.1 Å².